The second kappa shape index (κ2) is 15.2. The summed E-state index contributed by atoms with van der Waals surface area (Å²) in [5.74, 6) is 1.73. The Morgan fingerprint density at radius 3 is 2.42 bits per heavy atom. The molecule has 1 radical (unpaired) electrons. The number of fused-ring (bicyclic) bond motifs is 7. The third-order valence-corrected chi connectivity index (χ3v) is 18.3. The van der Waals surface area contributed by atoms with Crippen LogP contribution in [0, 0.1) is 58.2 Å². The zero-order valence-corrected chi connectivity index (χ0v) is 35.3. The number of amides is 3. The molecule has 5 saturated carbocycles. The molecule has 52 heavy (non-hydrogen) atoms. The van der Waals surface area contributed by atoms with Gasteiger partial charge in [-0.25, -0.2) is 0 Å². The predicted octanol–water partition coefficient (Wildman–Crippen LogP) is 7.73. The number of rotatable bonds is 10. The van der Waals surface area contributed by atoms with Crippen molar-refractivity contribution < 1.29 is 36.3 Å². The molecule has 5 aliphatic rings. The summed E-state index contributed by atoms with van der Waals surface area (Å²) in [5, 5.41) is 17.2. The Hall–Kier alpha value is -1.43. The SMILES string of the molecule is C=C(C)CC1CCC2(C(=O)NCCc3cccc(C(=O)NC(C[CH2-])C(N)=O)c3)CCC3(I)C(CCC4C5(C)CCC(O)C(C)(C)C5CCC43C)C12.[Co]. The van der Waals surface area contributed by atoms with E-state index < -0.39 is 11.9 Å². The molecule has 291 valence electrons. The number of nitrogens with one attached hydrogen (secondary N) is 2. The van der Waals surface area contributed by atoms with Crippen molar-refractivity contribution in [2.75, 3.05) is 6.54 Å². The molecule has 3 amide bonds. The van der Waals surface area contributed by atoms with Crippen molar-refractivity contribution in [3.8, 4) is 0 Å². The molecule has 9 heteroatoms. The maximum Gasteiger partial charge on any atom is 0.251 e. The van der Waals surface area contributed by atoms with Gasteiger partial charge in [0.15, 0.2) is 0 Å². The number of benzene rings is 1. The van der Waals surface area contributed by atoms with Crippen molar-refractivity contribution in [1.29, 1.82) is 0 Å². The van der Waals surface area contributed by atoms with Gasteiger partial charge in [0, 0.05) is 32.3 Å². The maximum absolute atomic E-state index is 14.6. The summed E-state index contributed by atoms with van der Waals surface area (Å²) in [6.07, 6.45) is 12.4. The first-order chi connectivity index (χ1) is 23.9. The first kappa shape index (κ1) is 41.7. The van der Waals surface area contributed by atoms with E-state index in [-0.39, 0.29) is 66.2 Å². The molecule has 6 rings (SSSR count). The van der Waals surface area contributed by atoms with Crippen LogP contribution in [0.3, 0.4) is 0 Å². The minimum atomic E-state index is -0.811. The standard InChI is InChI=1S/C43H63IN3O4.Co/c1-8-31(36(45)49)47-37(50)29-11-9-10-27(25-29)17-23-46-38(51)42-20-14-28(24-26(2)3)35(42)30-12-13-33-40(6)18-16-34(48)39(4,5)32(40)15-19-41(33,7)43(30,44)22-21-42;/h9-11,25,28,30-35,48H,1-2,8,12-24H2,3-7H3,(H2,45,49)(H,46,51)(H,47,50);/q-1;. The Labute approximate surface area is 337 Å². The van der Waals surface area contributed by atoms with E-state index in [0.29, 0.717) is 48.1 Å². The zero-order chi connectivity index (χ0) is 37.1. The van der Waals surface area contributed by atoms with E-state index in [1.54, 1.807) is 6.07 Å². The molecule has 1 aromatic rings. The number of aliphatic hydroxyl groups excluding tert-OH is 1. The van der Waals surface area contributed by atoms with Crippen LogP contribution in [-0.2, 0) is 32.8 Å². The summed E-state index contributed by atoms with van der Waals surface area (Å²) in [6.45, 7) is 20.6. The van der Waals surface area contributed by atoms with Crippen molar-refractivity contribution in [1.82, 2.24) is 10.6 Å². The van der Waals surface area contributed by atoms with Gasteiger partial charge < -0.3 is 28.4 Å². The number of carbonyl (C=O) groups is 3. The number of primary amides is 1. The average Bonchev–Trinajstić information content (AvgIpc) is 3.44. The largest absolute Gasteiger partial charge is 0.393 e. The Bertz CT molecular complexity index is 1550. The molecule has 0 heterocycles. The van der Waals surface area contributed by atoms with Crippen molar-refractivity contribution in [2.24, 2.45) is 57.0 Å². The van der Waals surface area contributed by atoms with Crippen molar-refractivity contribution in [3.63, 3.8) is 0 Å². The summed E-state index contributed by atoms with van der Waals surface area (Å²) < 4.78 is 0.135. The van der Waals surface area contributed by atoms with E-state index in [4.69, 9.17) is 5.73 Å². The van der Waals surface area contributed by atoms with E-state index in [2.05, 4.69) is 81.3 Å². The molecule has 0 bridgehead atoms. The molecular weight excluding hydrogens is 808 g/mol. The Morgan fingerprint density at radius 1 is 1.02 bits per heavy atom. The van der Waals surface area contributed by atoms with E-state index in [9.17, 15) is 19.5 Å². The van der Waals surface area contributed by atoms with E-state index >= 15 is 0 Å². The van der Waals surface area contributed by atoms with Gasteiger partial charge in [-0.3, -0.25) is 14.4 Å². The van der Waals surface area contributed by atoms with Gasteiger partial charge in [0.05, 0.1) is 17.6 Å². The second-order valence-corrected chi connectivity index (χ2v) is 20.5. The molecule has 1 aromatic carbocycles. The summed E-state index contributed by atoms with van der Waals surface area (Å²) in [7, 11) is 0. The number of allylic oxidation sites excluding steroid dienone is 1. The third-order valence-electron chi connectivity index (χ3n) is 15.7. The zero-order valence-electron chi connectivity index (χ0n) is 32.1. The van der Waals surface area contributed by atoms with Gasteiger partial charge in [-0.15, -0.1) is 6.58 Å². The van der Waals surface area contributed by atoms with E-state index in [1.165, 1.54) is 31.3 Å². The number of hydrogen-bond donors (Lipinski definition) is 4. The van der Waals surface area contributed by atoms with Crippen LogP contribution in [0.1, 0.15) is 128 Å². The smallest absolute Gasteiger partial charge is 0.251 e. The Balaban J connectivity index is 0.00000523. The van der Waals surface area contributed by atoms with Gasteiger partial charge in [-0.2, -0.15) is 6.42 Å². The molecule has 5 fully saturated rings. The maximum atomic E-state index is 14.6. The van der Waals surface area contributed by atoms with Crippen LogP contribution >= 0.6 is 22.6 Å². The number of carbonyl (C=O) groups excluding carboxylic acids is 3. The van der Waals surface area contributed by atoms with Crippen LogP contribution in [0.2, 0.25) is 0 Å². The van der Waals surface area contributed by atoms with Crippen LogP contribution in [0.4, 0.5) is 0 Å². The molecule has 7 nitrogen and oxygen atoms in total. The van der Waals surface area contributed by atoms with Gasteiger partial charge in [0.2, 0.25) is 11.8 Å². The third kappa shape index (κ3) is 6.75. The molecule has 5 aliphatic carbocycles. The summed E-state index contributed by atoms with van der Waals surface area (Å²) in [6, 6.07) is 6.56. The minimum Gasteiger partial charge on any atom is -0.393 e. The molecular formula is C43H63CoIN3O4-. The molecule has 11 atom stereocenters. The van der Waals surface area contributed by atoms with E-state index in [0.717, 1.165) is 50.5 Å². The normalized spacial score (nSPS) is 39.3. The van der Waals surface area contributed by atoms with Crippen molar-refractivity contribution in [2.45, 2.75) is 134 Å². The quantitative estimate of drug-likeness (QED) is 0.0833. The van der Waals surface area contributed by atoms with Crippen molar-refractivity contribution >= 4 is 40.3 Å². The monoisotopic (exact) mass is 871 g/mol. The molecule has 0 aliphatic heterocycles. The Morgan fingerprint density at radius 2 is 1.75 bits per heavy atom. The number of alkyl halides is 1. The van der Waals surface area contributed by atoms with Gasteiger partial charge in [0.1, 0.15) is 0 Å². The Kier molecular flexibility index (Phi) is 12.2. The summed E-state index contributed by atoms with van der Waals surface area (Å²) in [5.41, 5.74) is 8.04. The fourth-order valence-electron chi connectivity index (χ4n) is 13.2. The van der Waals surface area contributed by atoms with Gasteiger partial charge >= 0.3 is 0 Å². The number of halogens is 1. The predicted molar refractivity (Wildman–Crippen MR) is 212 cm³/mol. The number of nitrogens with two attached hydrogens (primary N) is 1. The van der Waals surface area contributed by atoms with Crippen LogP contribution < -0.4 is 16.4 Å². The topological polar surface area (TPSA) is 122 Å². The summed E-state index contributed by atoms with van der Waals surface area (Å²) >= 11 is 2.94. The van der Waals surface area contributed by atoms with Crippen LogP contribution in [0.25, 0.3) is 0 Å². The first-order valence-electron chi connectivity index (χ1n) is 19.7. The van der Waals surface area contributed by atoms with Gasteiger partial charge in [0.25, 0.3) is 5.91 Å². The molecule has 5 N–H and O–H groups in total. The van der Waals surface area contributed by atoms with Gasteiger partial charge in [-0.1, -0.05) is 68.0 Å². The second-order valence-electron chi connectivity index (χ2n) is 18.6. The van der Waals surface area contributed by atoms with E-state index in [1.807, 2.05) is 18.2 Å². The first-order valence-corrected chi connectivity index (χ1v) is 20.8. The molecule has 0 aromatic heterocycles. The fourth-order valence-corrected chi connectivity index (χ4v) is 14.8. The number of aliphatic hydroxyl groups is 1. The van der Waals surface area contributed by atoms with Gasteiger partial charge in [-0.05, 0) is 148 Å². The summed E-state index contributed by atoms with van der Waals surface area (Å²) in [4.78, 5) is 39.1. The molecule has 0 spiro atoms. The number of hydrogen-bond acceptors (Lipinski definition) is 4. The van der Waals surface area contributed by atoms with Crippen LogP contribution in [-0.4, -0.2) is 44.9 Å². The van der Waals surface area contributed by atoms with Crippen LogP contribution in [0.15, 0.2) is 36.4 Å². The minimum absolute atomic E-state index is 0. The van der Waals surface area contributed by atoms with Crippen molar-refractivity contribution in [3.05, 3.63) is 54.5 Å². The fraction of sp³-hybridized carbons (Fsp3) is 0.721. The average molecular weight is 872 g/mol. The molecule has 11 unspecified atom stereocenters. The molecule has 0 saturated heterocycles. The van der Waals surface area contributed by atoms with Crippen LogP contribution in [0.5, 0.6) is 0 Å².